The predicted octanol–water partition coefficient (Wildman–Crippen LogP) is 2.37. The molecule has 0 amide bonds. The summed E-state index contributed by atoms with van der Waals surface area (Å²) in [5.41, 5.74) is 0. The number of hydrogen-bond donors (Lipinski definition) is 1. The summed E-state index contributed by atoms with van der Waals surface area (Å²) in [6.45, 7) is 0.785. The average molecular weight is 308 g/mol. The summed E-state index contributed by atoms with van der Waals surface area (Å²) in [6.07, 6.45) is 4.26. The highest BCUT2D eigenvalue weighted by atomic mass is 32.2. The molecule has 1 aromatic carbocycles. The molecule has 0 spiro atoms. The Bertz CT molecular complexity index is 676. The van der Waals surface area contributed by atoms with E-state index in [2.05, 4.69) is 10.3 Å². The number of sulfone groups is 1. The Kier molecular flexibility index (Phi) is 3.87. The Morgan fingerprint density at radius 1 is 1.25 bits per heavy atom. The number of hydrogen-bond acceptors (Lipinski definition) is 5. The zero-order chi connectivity index (χ0) is 14.0. The van der Waals surface area contributed by atoms with Crippen LogP contribution in [0.1, 0.15) is 22.7 Å². The minimum atomic E-state index is -3.29. The molecule has 20 heavy (non-hydrogen) atoms. The third-order valence-electron chi connectivity index (χ3n) is 3.16. The van der Waals surface area contributed by atoms with Gasteiger partial charge < -0.3 is 5.32 Å². The minimum Gasteiger partial charge on any atom is -0.309 e. The molecule has 0 bridgehead atoms. The van der Waals surface area contributed by atoms with Crippen molar-refractivity contribution in [3.05, 3.63) is 46.4 Å². The highest BCUT2D eigenvalue weighted by molar-refractivity contribution is 7.90. The van der Waals surface area contributed by atoms with Crippen LogP contribution in [-0.2, 0) is 22.1 Å². The van der Waals surface area contributed by atoms with E-state index in [-0.39, 0.29) is 5.75 Å². The molecule has 1 heterocycles. The lowest BCUT2D eigenvalue weighted by Gasteiger charge is -2.01. The third-order valence-corrected chi connectivity index (χ3v) is 5.98. The lowest BCUT2D eigenvalue weighted by molar-refractivity contribution is 0.595. The first-order valence-corrected chi connectivity index (χ1v) is 9.05. The van der Waals surface area contributed by atoms with Crippen molar-refractivity contribution in [3.63, 3.8) is 0 Å². The van der Waals surface area contributed by atoms with Crippen LogP contribution in [0.2, 0.25) is 0 Å². The van der Waals surface area contributed by atoms with Gasteiger partial charge in [-0.3, -0.25) is 0 Å². The zero-order valence-electron chi connectivity index (χ0n) is 11.0. The smallest absolute Gasteiger partial charge is 0.184 e. The van der Waals surface area contributed by atoms with Gasteiger partial charge >= 0.3 is 0 Å². The topological polar surface area (TPSA) is 59.1 Å². The van der Waals surface area contributed by atoms with Crippen LogP contribution in [0.3, 0.4) is 0 Å². The van der Waals surface area contributed by atoms with Crippen molar-refractivity contribution in [2.75, 3.05) is 0 Å². The standard InChI is InChI=1S/C14H16N2O2S2/c17-20(18,13-4-2-1-3-5-13)10-14-16-9-12(19-14)8-15-11-6-7-11/h1-5,9,11,15H,6-8,10H2. The summed E-state index contributed by atoms with van der Waals surface area (Å²) in [5, 5.41) is 4.06. The van der Waals surface area contributed by atoms with Gasteiger partial charge in [-0.25, -0.2) is 13.4 Å². The number of thiazole rings is 1. The first kappa shape index (κ1) is 13.7. The molecule has 1 saturated carbocycles. The van der Waals surface area contributed by atoms with Gasteiger partial charge in [0.25, 0.3) is 0 Å². The predicted molar refractivity (Wildman–Crippen MR) is 79.3 cm³/mol. The van der Waals surface area contributed by atoms with Crippen molar-refractivity contribution in [2.45, 2.75) is 36.1 Å². The SMILES string of the molecule is O=S(=O)(Cc1ncc(CNC2CC2)s1)c1ccccc1. The number of aromatic nitrogens is 1. The number of rotatable bonds is 6. The highest BCUT2D eigenvalue weighted by Crippen LogP contribution is 2.22. The lowest BCUT2D eigenvalue weighted by Crippen LogP contribution is -2.14. The van der Waals surface area contributed by atoms with Gasteiger partial charge in [-0.1, -0.05) is 18.2 Å². The molecule has 0 unspecified atom stereocenters. The van der Waals surface area contributed by atoms with Gasteiger partial charge in [-0.05, 0) is 25.0 Å². The van der Waals surface area contributed by atoms with Gasteiger partial charge in [0.1, 0.15) is 10.8 Å². The summed E-state index contributed by atoms with van der Waals surface area (Å²) >= 11 is 1.47. The molecular formula is C14H16N2O2S2. The largest absolute Gasteiger partial charge is 0.309 e. The number of nitrogens with zero attached hydrogens (tertiary/aromatic N) is 1. The first-order chi connectivity index (χ1) is 9.63. The van der Waals surface area contributed by atoms with Gasteiger partial charge in [-0.15, -0.1) is 11.3 Å². The maximum Gasteiger partial charge on any atom is 0.184 e. The van der Waals surface area contributed by atoms with Gasteiger partial charge in [0.15, 0.2) is 9.84 Å². The van der Waals surface area contributed by atoms with E-state index in [1.807, 2.05) is 6.07 Å². The van der Waals surface area contributed by atoms with Crippen molar-refractivity contribution < 1.29 is 8.42 Å². The number of benzene rings is 1. The maximum absolute atomic E-state index is 12.2. The average Bonchev–Trinajstić information content (AvgIpc) is 3.18. The molecule has 1 N–H and O–H groups in total. The molecule has 0 aliphatic heterocycles. The Labute approximate surface area is 122 Å². The quantitative estimate of drug-likeness (QED) is 0.890. The summed E-state index contributed by atoms with van der Waals surface area (Å²) < 4.78 is 24.5. The van der Waals surface area contributed by atoms with Crippen molar-refractivity contribution in [1.29, 1.82) is 0 Å². The van der Waals surface area contributed by atoms with Crippen molar-refractivity contribution in [3.8, 4) is 0 Å². The molecule has 2 aromatic rings. The molecule has 0 atom stereocenters. The van der Waals surface area contributed by atoms with E-state index in [1.165, 1.54) is 24.2 Å². The fourth-order valence-electron chi connectivity index (χ4n) is 1.90. The zero-order valence-corrected chi connectivity index (χ0v) is 12.6. The monoisotopic (exact) mass is 308 g/mol. The summed E-state index contributed by atoms with van der Waals surface area (Å²) in [5.74, 6) is -0.0227. The number of nitrogens with one attached hydrogen (secondary N) is 1. The Balaban J connectivity index is 1.67. The van der Waals surface area contributed by atoms with Crippen molar-refractivity contribution in [2.24, 2.45) is 0 Å². The van der Waals surface area contributed by atoms with Crippen LogP contribution >= 0.6 is 11.3 Å². The second-order valence-electron chi connectivity index (χ2n) is 4.95. The summed E-state index contributed by atoms with van der Waals surface area (Å²) in [4.78, 5) is 5.67. The van der Waals surface area contributed by atoms with E-state index in [0.717, 1.165) is 11.4 Å². The van der Waals surface area contributed by atoms with Crippen LogP contribution in [0.5, 0.6) is 0 Å². The van der Waals surface area contributed by atoms with Crippen LogP contribution in [-0.4, -0.2) is 19.4 Å². The summed E-state index contributed by atoms with van der Waals surface area (Å²) in [7, 11) is -3.29. The molecule has 1 aromatic heterocycles. The highest BCUT2D eigenvalue weighted by Gasteiger charge is 2.21. The van der Waals surface area contributed by atoms with Crippen LogP contribution < -0.4 is 5.32 Å². The van der Waals surface area contributed by atoms with Crippen LogP contribution in [0, 0.1) is 0 Å². The van der Waals surface area contributed by atoms with E-state index >= 15 is 0 Å². The normalized spacial score (nSPS) is 15.4. The van der Waals surface area contributed by atoms with E-state index in [9.17, 15) is 8.42 Å². The van der Waals surface area contributed by atoms with Crippen LogP contribution in [0.15, 0.2) is 41.4 Å². The van der Waals surface area contributed by atoms with Crippen LogP contribution in [0.25, 0.3) is 0 Å². The molecule has 106 valence electrons. The second-order valence-corrected chi connectivity index (χ2v) is 8.14. The lowest BCUT2D eigenvalue weighted by atomic mass is 10.4. The minimum absolute atomic E-state index is 0.0227. The van der Waals surface area contributed by atoms with Crippen LogP contribution in [0.4, 0.5) is 0 Å². The molecule has 1 aliphatic carbocycles. The third kappa shape index (κ3) is 3.45. The fourth-order valence-corrected chi connectivity index (χ4v) is 4.41. The molecule has 4 nitrogen and oxygen atoms in total. The summed E-state index contributed by atoms with van der Waals surface area (Å²) in [6, 6.07) is 9.18. The van der Waals surface area contributed by atoms with Gasteiger partial charge in [0.2, 0.25) is 0 Å². The van der Waals surface area contributed by atoms with E-state index in [1.54, 1.807) is 30.5 Å². The first-order valence-electron chi connectivity index (χ1n) is 6.58. The van der Waals surface area contributed by atoms with Gasteiger partial charge in [0, 0.05) is 23.7 Å². The van der Waals surface area contributed by atoms with Crippen molar-refractivity contribution >= 4 is 21.2 Å². The van der Waals surface area contributed by atoms with E-state index in [0.29, 0.717) is 15.9 Å². The second kappa shape index (κ2) is 5.63. The fraction of sp³-hybridized carbons (Fsp3) is 0.357. The Morgan fingerprint density at radius 3 is 2.70 bits per heavy atom. The van der Waals surface area contributed by atoms with E-state index < -0.39 is 9.84 Å². The van der Waals surface area contributed by atoms with Gasteiger partial charge in [0.05, 0.1) is 4.90 Å². The molecule has 3 rings (SSSR count). The van der Waals surface area contributed by atoms with E-state index in [4.69, 9.17) is 0 Å². The Morgan fingerprint density at radius 2 is 2.00 bits per heavy atom. The van der Waals surface area contributed by atoms with Crippen molar-refractivity contribution in [1.82, 2.24) is 10.3 Å². The molecule has 1 aliphatic rings. The van der Waals surface area contributed by atoms with Gasteiger partial charge in [-0.2, -0.15) is 0 Å². The Hall–Kier alpha value is -1.24. The molecule has 1 fully saturated rings. The maximum atomic E-state index is 12.2. The molecule has 6 heteroatoms. The molecular weight excluding hydrogens is 292 g/mol. The molecule has 0 radical (unpaired) electrons. The molecule has 0 saturated heterocycles.